The summed E-state index contributed by atoms with van der Waals surface area (Å²) in [4.78, 5) is 14.1. The summed E-state index contributed by atoms with van der Waals surface area (Å²) in [6.45, 7) is 7.12. The fraction of sp³-hybridized carbons (Fsp3) is 0.714. The lowest BCUT2D eigenvalue weighted by Gasteiger charge is -2.42. The molecule has 1 amide bonds. The predicted molar refractivity (Wildman–Crippen MR) is 77.6 cm³/mol. The van der Waals surface area contributed by atoms with E-state index in [4.69, 9.17) is 11.6 Å². The molecule has 1 aromatic heterocycles. The van der Waals surface area contributed by atoms with E-state index in [1.807, 2.05) is 25.7 Å². The summed E-state index contributed by atoms with van der Waals surface area (Å²) in [5.41, 5.74) is 0.0596. The molecule has 20 heavy (non-hydrogen) atoms. The molecule has 1 aliphatic heterocycles. The number of likely N-dealkylation sites (tertiary alicyclic amines) is 1. The average molecular weight is 300 g/mol. The van der Waals surface area contributed by atoms with Crippen LogP contribution in [0.15, 0.2) is 6.20 Å². The van der Waals surface area contributed by atoms with Gasteiger partial charge in [0.1, 0.15) is 6.54 Å². The number of amides is 1. The Morgan fingerprint density at radius 3 is 2.90 bits per heavy atom. The predicted octanol–water partition coefficient (Wildman–Crippen LogP) is 1.85. The molecular weight excluding hydrogens is 278 g/mol. The number of carbonyl (C=O) groups is 1. The summed E-state index contributed by atoms with van der Waals surface area (Å²) in [6.07, 6.45) is 3.16. The summed E-state index contributed by atoms with van der Waals surface area (Å²) < 4.78 is 1.58. The fourth-order valence-corrected chi connectivity index (χ4v) is 2.88. The molecule has 112 valence electrons. The van der Waals surface area contributed by atoms with Crippen LogP contribution in [0.5, 0.6) is 0 Å². The van der Waals surface area contributed by atoms with Crippen LogP contribution in [-0.2, 0) is 11.3 Å². The van der Waals surface area contributed by atoms with Gasteiger partial charge in [-0.05, 0) is 26.7 Å². The maximum Gasteiger partial charge on any atom is 0.244 e. The molecule has 2 rings (SSSR count). The molecule has 5 nitrogen and oxygen atoms in total. The second-order valence-corrected chi connectivity index (χ2v) is 6.22. The van der Waals surface area contributed by atoms with E-state index in [0.29, 0.717) is 24.5 Å². The third kappa shape index (κ3) is 3.15. The van der Waals surface area contributed by atoms with Crippen molar-refractivity contribution in [2.24, 2.45) is 5.92 Å². The number of hydrogen-bond acceptors (Lipinski definition) is 3. The van der Waals surface area contributed by atoms with Crippen molar-refractivity contribution in [1.82, 2.24) is 14.7 Å². The molecule has 0 radical (unpaired) electrons. The van der Waals surface area contributed by atoms with E-state index in [1.54, 1.807) is 10.9 Å². The molecule has 0 aromatic carbocycles. The third-order valence-corrected chi connectivity index (χ3v) is 4.61. The van der Waals surface area contributed by atoms with Gasteiger partial charge in [0.2, 0.25) is 5.91 Å². The number of aromatic nitrogens is 2. The molecule has 2 heterocycles. The molecule has 0 aliphatic carbocycles. The number of hydrogen-bond donors (Lipinski definition) is 1. The number of nitrogens with zero attached hydrogens (tertiary/aromatic N) is 3. The molecule has 0 unspecified atom stereocenters. The Bertz CT molecular complexity index is 479. The highest BCUT2D eigenvalue weighted by molar-refractivity contribution is 6.31. The van der Waals surface area contributed by atoms with Crippen LogP contribution in [0.25, 0.3) is 0 Å². The van der Waals surface area contributed by atoms with Crippen LogP contribution in [0.2, 0.25) is 5.02 Å². The van der Waals surface area contributed by atoms with Gasteiger partial charge in [0.15, 0.2) is 0 Å². The van der Waals surface area contributed by atoms with Gasteiger partial charge >= 0.3 is 0 Å². The second-order valence-electron chi connectivity index (χ2n) is 5.81. The van der Waals surface area contributed by atoms with Gasteiger partial charge in [0, 0.05) is 25.2 Å². The van der Waals surface area contributed by atoms with Gasteiger partial charge < -0.3 is 10.0 Å². The van der Waals surface area contributed by atoms with Crippen molar-refractivity contribution < 1.29 is 9.90 Å². The normalized spacial score (nSPS) is 26.9. The second kappa shape index (κ2) is 5.74. The Hall–Kier alpha value is -1.07. The smallest absolute Gasteiger partial charge is 0.244 e. The minimum atomic E-state index is -0.670. The summed E-state index contributed by atoms with van der Waals surface area (Å²) in [6, 6.07) is 0. The van der Waals surface area contributed by atoms with E-state index < -0.39 is 5.60 Å². The number of carbonyl (C=O) groups excluding carboxylic acids is 1. The first kappa shape index (κ1) is 15.3. The summed E-state index contributed by atoms with van der Waals surface area (Å²) >= 11 is 5.94. The van der Waals surface area contributed by atoms with E-state index in [0.717, 1.165) is 12.1 Å². The number of rotatable bonds is 3. The molecule has 1 N–H and O–H groups in total. The van der Waals surface area contributed by atoms with Crippen LogP contribution in [0.1, 0.15) is 32.4 Å². The summed E-state index contributed by atoms with van der Waals surface area (Å²) in [5, 5.41) is 15.1. The molecule has 6 heteroatoms. The van der Waals surface area contributed by atoms with Crippen LogP contribution in [0, 0.1) is 12.8 Å². The van der Waals surface area contributed by atoms with Gasteiger partial charge in [-0.3, -0.25) is 9.48 Å². The first-order chi connectivity index (χ1) is 9.33. The van der Waals surface area contributed by atoms with Gasteiger partial charge in [0.25, 0.3) is 0 Å². The number of halogens is 1. The van der Waals surface area contributed by atoms with E-state index in [-0.39, 0.29) is 18.4 Å². The molecule has 2 atom stereocenters. The lowest BCUT2D eigenvalue weighted by Crippen LogP contribution is -2.52. The third-order valence-electron chi connectivity index (χ3n) is 4.24. The maximum absolute atomic E-state index is 12.3. The Morgan fingerprint density at radius 2 is 2.35 bits per heavy atom. The Kier molecular flexibility index (Phi) is 4.39. The van der Waals surface area contributed by atoms with Gasteiger partial charge in [-0.1, -0.05) is 18.5 Å². The minimum absolute atomic E-state index is 0.0260. The first-order valence-corrected chi connectivity index (χ1v) is 7.41. The number of aliphatic hydroxyl groups is 1. The number of aryl methyl sites for hydroxylation is 1. The monoisotopic (exact) mass is 299 g/mol. The lowest BCUT2D eigenvalue weighted by molar-refractivity contribution is -0.139. The van der Waals surface area contributed by atoms with Crippen molar-refractivity contribution in [2.75, 3.05) is 13.1 Å². The Morgan fingerprint density at radius 1 is 1.65 bits per heavy atom. The van der Waals surface area contributed by atoms with Crippen molar-refractivity contribution in [3.63, 3.8) is 0 Å². The van der Waals surface area contributed by atoms with E-state index in [1.165, 1.54) is 0 Å². The molecule has 1 fully saturated rings. The topological polar surface area (TPSA) is 58.4 Å². The van der Waals surface area contributed by atoms with Crippen LogP contribution in [0.3, 0.4) is 0 Å². The van der Waals surface area contributed by atoms with Crippen LogP contribution in [-0.4, -0.2) is 44.4 Å². The summed E-state index contributed by atoms with van der Waals surface area (Å²) in [5.74, 6) is 0.154. The zero-order valence-corrected chi connectivity index (χ0v) is 13.0. The Labute approximate surface area is 124 Å². The molecular formula is C14H22ClN3O2. The molecule has 0 spiro atoms. The van der Waals surface area contributed by atoms with Crippen molar-refractivity contribution >= 4 is 17.5 Å². The van der Waals surface area contributed by atoms with Gasteiger partial charge in [-0.2, -0.15) is 5.10 Å². The van der Waals surface area contributed by atoms with E-state index in [2.05, 4.69) is 5.10 Å². The van der Waals surface area contributed by atoms with Crippen LogP contribution in [0.4, 0.5) is 0 Å². The van der Waals surface area contributed by atoms with Crippen molar-refractivity contribution in [3.05, 3.63) is 16.9 Å². The standard InChI is InChI=1S/C14H22ClN3O2/c1-4-11-7-17(6-5-14(11,3)20)13(19)9-18-8-12(15)10(2)16-18/h8,11,20H,4-7,9H2,1-3H3/t11-,14+/m0/s1. The van der Waals surface area contributed by atoms with Crippen molar-refractivity contribution in [1.29, 1.82) is 0 Å². The molecule has 1 aliphatic rings. The zero-order valence-electron chi connectivity index (χ0n) is 12.3. The SMILES string of the molecule is CC[C@H]1CN(C(=O)Cn2cc(Cl)c(C)n2)CC[C@@]1(C)O. The fourth-order valence-electron chi connectivity index (χ4n) is 2.73. The first-order valence-electron chi connectivity index (χ1n) is 7.03. The summed E-state index contributed by atoms with van der Waals surface area (Å²) in [7, 11) is 0. The van der Waals surface area contributed by atoms with Crippen LogP contribution < -0.4 is 0 Å². The quantitative estimate of drug-likeness (QED) is 0.927. The molecule has 0 bridgehead atoms. The van der Waals surface area contributed by atoms with Crippen LogP contribution >= 0.6 is 11.6 Å². The minimum Gasteiger partial charge on any atom is -0.390 e. The molecule has 1 saturated heterocycles. The van der Waals surface area contributed by atoms with Gasteiger partial charge in [-0.15, -0.1) is 0 Å². The number of piperidine rings is 1. The Balaban J connectivity index is 2.00. The van der Waals surface area contributed by atoms with Crippen molar-refractivity contribution in [2.45, 2.75) is 45.8 Å². The van der Waals surface area contributed by atoms with Gasteiger partial charge in [0.05, 0.1) is 16.3 Å². The molecule has 1 aromatic rings. The highest BCUT2D eigenvalue weighted by Crippen LogP contribution is 2.30. The highest BCUT2D eigenvalue weighted by Gasteiger charge is 2.37. The zero-order chi connectivity index (χ0) is 14.9. The maximum atomic E-state index is 12.3. The lowest BCUT2D eigenvalue weighted by atomic mass is 9.81. The average Bonchev–Trinajstić information content (AvgIpc) is 2.67. The largest absolute Gasteiger partial charge is 0.390 e. The van der Waals surface area contributed by atoms with Crippen molar-refractivity contribution in [3.8, 4) is 0 Å². The highest BCUT2D eigenvalue weighted by atomic mass is 35.5. The van der Waals surface area contributed by atoms with Gasteiger partial charge in [-0.25, -0.2) is 0 Å². The molecule has 0 saturated carbocycles. The van der Waals surface area contributed by atoms with E-state index in [9.17, 15) is 9.90 Å². The van der Waals surface area contributed by atoms with E-state index >= 15 is 0 Å².